The van der Waals surface area contributed by atoms with Crippen LogP contribution < -0.4 is 9.47 Å². The number of halogens is 1. The Balaban J connectivity index is 1.59. The first-order valence-corrected chi connectivity index (χ1v) is 7.83. The minimum Gasteiger partial charge on any atom is -0.486 e. The Labute approximate surface area is 139 Å². The molecular weight excluding hydrogens is 312 g/mol. The third-order valence-corrected chi connectivity index (χ3v) is 4.02. The number of ether oxygens (including phenoxy) is 2. The molecule has 116 valence electrons. The molecular formula is C18H15ClN2O2. The van der Waals surface area contributed by atoms with E-state index >= 15 is 0 Å². The molecule has 0 saturated carbocycles. The van der Waals surface area contributed by atoms with Crippen LogP contribution in [0.2, 0.25) is 5.02 Å². The van der Waals surface area contributed by atoms with Crippen molar-refractivity contribution < 1.29 is 9.47 Å². The Hall–Kier alpha value is -2.46. The zero-order valence-electron chi connectivity index (χ0n) is 12.4. The summed E-state index contributed by atoms with van der Waals surface area (Å²) in [5.41, 5.74) is 3.27. The molecule has 1 aliphatic heterocycles. The summed E-state index contributed by atoms with van der Waals surface area (Å²) in [4.78, 5) is 0. The van der Waals surface area contributed by atoms with E-state index < -0.39 is 0 Å². The lowest BCUT2D eigenvalue weighted by Crippen LogP contribution is -2.16. The zero-order chi connectivity index (χ0) is 15.6. The molecule has 0 aliphatic carbocycles. The molecule has 0 atom stereocenters. The molecule has 0 fully saturated rings. The monoisotopic (exact) mass is 326 g/mol. The van der Waals surface area contributed by atoms with E-state index in [0.717, 1.165) is 16.7 Å². The molecule has 1 aromatic heterocycles. The van der Waals surface area contributed by atoms with Crippen LogP contribution >= 0.6 is 11.6 Å². The third kappa shape index (κ3) is 2.90. The molecule has 0 spiro atoms. The predicted octanol–water partition coefficient (Wildman–Crippen LogP) is 4.02. The fourth-order valence-corrected chi connectivity index (χ4v) is 2.96. The molecule has 3 aromatic rings. The van der Waals surface area contributed by atoms with Gasteiger partial charge < -0.3 is 9.47 Å². The number of nitrogens with zero attached hydrogens (tertiary/aromatic N) is 2. The van der Waals surface area contributed by atoms with E-state index in [-0.39, 0.29) is 0 Å². The van der Waals surface area contributed by atoms with Crippen LogP contribution in [-0.4, -0.2) is 23.0 Å². The van der Waals surface area contributed by atoms with E-state index in [4.69, 9.17) is 21.1 Å². The second kappa shape index (κ2) is 5.97. The van der Waals surface area contributed by atoms with Crippen molar-refractivity contribution in [3.63, 3.8) is 0 Å². The summed E-state index contributed by atoms with van der Waals surface area (Å²) in [6, 6.07) is 14.1. The van der Waals surface area contributed by atoms with Crippen LogP contribution in [-0.2, 0) is 6.54 Å². The van der Waals surface area contributed by atoms with E-state index in [2.05, 4.69) is 17.2 Å². The summed E-state index contributed by atoms with van der Waals surface area (Å²) >= 11 is 6.28. The van der Waals surface area contributed by atoms with Gasteiger partial charge in [0.25, 0.3) is 0 Å². The van der Waals surface area contributed by atoms with Gasteiger partial charge in [-0.25, -0.2) is 0 Å². The lowest BCUT2D eigenvalue weighted by molar-refractivity contribution is 0.171. The highest BCUT2D eigenvalue weighted by atomic mass is 35.5. The second-order valence-electron chi connectivity index (χ2n) is 5.39. The number of hydrogen-bond donors (Lipinski definition) is 0. The molecule has 2 aromatic carbocycles. The largest absolute Gasteiger partial charge is 0.486 e. The van der Waals surface area contributed by atoms with Crippen molar-refractivity contribution in [1.82, 2.24) is 9.78 Å². The normalized spacial score (nSPS) is 13.1. The molecule has 0 N–H and O–H groups in total. The third-order valence-electron chi connectivity index (χ3n) is 3.74. The molecule has 0 unspecified atom stereocenters. The highest BCUT2D eigenvalue weighted by molar-refractivity contribution is 6.32. The average Bonchev–Trinajstić information content (AvgIpc) is 3.04. The lowest BCUT2D eigenvalue weighted by Gasteiger charge is -2.20. The summed E-state index contributed by atoms with van der Waals surface area (Å²) in [5, 5.41) is 5.01. The Bertz CT molecular complexity index is 830. The maximum Gasteiger partial charge on any atom is 0.179 e. The van der Waals surface area contributed by atoms with Crippen LogP contribution in [0, 0.1) is 0 Å². The fraction of sp³-hybridized carbons (Fsp3) is 0.167. The first kappa shape index (κ1) is 14.2. The Morgan fingerprint density at radius 2 is 1.87 bits per heavy atom. The quantitative estimate of drug-likeness (QED) is 0.729. The topological polar surface area (TPSA) is 36.3 Å². The van der Waals surface area contributed by atoms with Crippen LogP contribution in [0.1, 0.15) is 5.56 Å². The molecule has 0 bridgehead atoms. The molecule has 1 aliphatic rings. The van der Waals surface area contributed by atoms with Crippen molar-refractivity contribution in [2.24, 2.45) is 0 Å². The maximum absolute atomic E-state index is 6.28. The SMILES string of the molecule is Clc1cc(Cn2cc(-c3ccccc3)cn2)cc2c1OCCO2. The van der Waals surface area contributed by atoms with Crippen LogP contribution in [0.25, 0.3) is 11.1 Å². The van der Waals surface area contributed by atoms with Crippen LogP contribution in [0.4, 0.5) is 0 Å². The Morgan fingerprint density at radius 1 is 1.04 bits per heavy atom. The van der Waals surface area contributed by atoms with Gasteiger partial charge in [-0.1, -0.05) is 41.9 Å². The number of rotatable bonds is 3. The van der Waals surface area contributed by atoms with E-state index in [0.29, 0.717) is 36.3 Å². The Morgan fingerprint density at radius 3 is 2.74 bits per heavy atom. The molecule has 0 amide bonds. The van der Waals surface area contributed by atoms with E-state index in [1.807, 2.05) is 47.4 Å². The van der Waals surface area contributed by atoms with Crippen molar-refractivity contribution in [2.45, 2.75) is 6.54 Å². The van der Waals surface area contributed by atoms with Crippen molar-refractivity contribution >= 4 is 11.6 Å². The van der Waals surface area contributed by atoms with E-state index in [9.17, 15) is 0 Å². The molecule has 2 heterocycles. The van der Waals surface area contributed by atoms with Gasteiger partial charge in [0, 0.05) is 11.8 Å². The van der Waals surface area contributed by atoms with Gasteiger partial charge in [0.05, 0.1) is 17.8 Å². The standard InChI is InChI=1S/C18H15ClN2O2/c19-16-8-13(9-17-18(16)23-7-6-22-17)11-21-12-15(10-20-21)14-4-2-1-3-5-14/h1-5,8-10,12H,6-7,11H2. The average molecular weight is 327 g/mol. The van der Waals surface area contributed by atoms with Crippen LogP contribution in [0.15, 0.2) is 54.9 Å². The lowest BCUT2D eigenvalue weighted by atomic mass is 10.1. The summed E-state index contributed by atoms with van der Waals surface area (Å²) in [6.45, 7) is 1.71. The summed E-state index contributed by atoms with van der Waals surface area (Å²) in [6.07, 6.45) is 3.90. The van der Waals surface area contributed by atoms with Gasteiger partial charge in [-0.05, 0) is 23.3 Å². The molecule has 0 saturated heterocycles. The number of hydrogen-bond acceptors (Lipinski definition) is 3. The summed E-state index contributed by atoms with van der Waals surface area (Å²) in [5.74, 6) is 1.33. The fourth-order valence-electron chi connectivity index (χ4n) is 2.67. The predicted molar refractivity (Wildman–Crippen MR) is 89.2 cm³/mol. The summed E-state index contributed by atoms with van der Waals surface area (Å²) < 4.78 is 13.1. The van der Waals surface area contributed by atoms with Gasteiger partial charge in [-0.3, -0.25) is 4.68 Å². The molecule has 4 rings (SSSR count). The first-order chi connectivity index (χ1) is 11.3. The van der Waals surface area contributed by atoms with Gasteiger partial charge in [-0.2, -0.15) is 5.10 Å². The van der Waals surface area contributed by atoms with E-state index in [1.165, 1.54) is 0 Å². The highest BCUT2D eigenvalue weighted by Crippen LogP contribution is 2.38. The zero-order valence-corrected chi connectivity index (χ0v) is 13.2. The number of benzene rings is 2. The Kier molecular flexibility index (Phi) is 3.67. The van der Waals surface area contributed by atoms with Gasteiger partial charge in [0.15, 0.2) is 11.5 Å². The molecule has 0 radical (unpaired) electrons. The van der Waals surface area contributed by atoms with Gasteiger partial charge in [0.2, 0.25) is 0 Å². The summed E-state index contributed by atoms with van der Waals surface area (Å²) in [7, 11) is 0. The van der Waals surface area contributed by atoms with Crippen LogP contribution in [0.3, 0.4) is 0 Å². The molecule has 5 heteroatoms. The van der Waals surface area contributed by atoms with Crippen molar-refractivity contribution in [1.29, 1.82) is 0 Å². The van der Waals surface area contributed by atoms with Crippen LogP contribution in [0.5, 0.6) is 11.5 Å². The van der Waals surface area contributed by atoms with E-state index in [1.54, 1.807) is 0 Å². The molecule has 23 heavy (non-hydrogen) atoms. The van der Waals surface area contributed by atoms with Crippen molar-refractivity contribution in [3.05, 3.63) is 65.4 Å². The highest BCUT2D eigenvalue weighted by Gasteiger charge is 2.16. The molecule has 4 nitrogen and oxygen atoms in total. The minimum absolute atomic E-state index is 0.533. The second-order valence-corrected chi connectivity index (χ2v) is 5.80. The smallest absolute Gasteiger partial charge is 0.179 e. The van der Waals surface area contributed by atoms with Gasteiger partial charge in [0.1, 0.15) is 13.2 Å². The van der Waals surface area contributed by atoms with Gasteiger partial charge in [-0.15, -0.1) is 0 Å². The minimum atomic E-state index is 0.533. The van der Waals surface area contributed by atoms with Gasteiger partial charge >= 0.3 is 0 Å². The first-order valence-electron chi connectivity index (χ1n) is 7.45. The number of aromatic nitrogens is 2. The maximum atomic E-state index is 6.28. The van der Waals surface area contributed by atoms with Crippen molar-refractivity contribution in [2.75, 3.05) is 13.2 Å². The number of fused-ring (bicyclic) bond motifs is 1. The van der Waals surface area contributed by atoms with Crippen molar-refractivity contribution in [3.8, 4) is 22.6 Å².